The van der Waals surface area contributed by atoms with Gasteiger partial charge >= 0.3 is 6.03 Å². The molecule has 0 aliphatic carbocycles. The van der Waals surface area contributed by atoms with Gasteiger partial charge in [-0.3, -0.25) is 10.00 Å². The Labute approximate surface area is 154 Å². The van der Waals surface area contributed by atoms with Crippen molar-refractivity contribution in [2.45, 2.75) is 38.6 Å². The molecule has 2 amide bonds. The molecule has 0 aromatic carbocycles. The summed E-state index contributed by atoms with van der Waals surface area (Å²) in [4.78, 5) is 16.8. The first-order valence-electron chi connectivity index (χ1n) is 9.52. The molecule has 1 aliphatic rings. The predicted molar refractivity (Wildman–Crippen MR) is 99.9 cm³/mol. The Morgan fingerprint density at radius 2 is 2.15 bits per heavy atom. The Balaban J connectivity index is 1.52. The van der Waals surface area contributed by atoms with E-state index in [1.807, 2.05) is 23.1 Å². The van der Waals surface area contributed by atoms with Gasteiger partial charge in [-0.2, -0.15) is 5.10 Å². The number of hydrogen-bond acceptors (Lipinski definition) is 4. The summed E-state index contributed by atoms with van der Waals surface area (Å²) in [6, 6.07) is 5.97. The SMILES string of the molecule is CCN(CC)[C@@H](CNC(=O)N1CCC(c2ccn[nH]2)CC1)c1ccco1. The molecule has 2 aromatic heterocycles. The van der Waals surface area contributed by atoms with Gasteiger partial charge in [0.05, 0.1) is 12.3 Å². The Bertz CT molecular complexity index is 644. The molecule has 0 unspecified atom stereocenters. The summed E-state index contributed by atoms with van der Waals surface area (Å²) in [5.41, 5.74) is 1.17. The fraction of sp³-hybridized carbons (Fsp3) is 0.579. The zero-order valence-electron chi connectivity index (χ0n) is 15.6. The summed E-state index contributed by atoms with van der Waals surface area (Å²) < 4.78 is 5.60. The monoisotopic (exact) mass is 359 g/mol. The number of aromatic amines is 1. The molecule has 1 saturated heterocycles. The van der Waals surface area contributed by atoms with E-state index in [1.165, 1.54) is 5.69 Å². The van der Waals surface area contributed by atoms with Crippen LogP contribution in [-0.2, 0) is 0 Å². The lowest BCUT2D eigenvalue weighted by atomic mass is 9.94. The molecule has 2 N–H and O–H groups in total. The van der Waals surface area contributed by atoms with E-state index in [1.54, 1.807) is 12.5 Å². The number of likely N-dealkylation sites (N-methyl/N-ethyl adjacent to an activating group) is 1. The van der Waals surface area contributed by atoms with Crippen LogP contribution in [0, 0.1) is 0 Å². The van der Waals surface area contributed by atoms with Crippen molar-refractivity contribution >= 4 is 6.03 Å². The predicted octanol–water partition coefficient (Wildman–Crippen LogP) is 2.97. The van der Waals surface area contributed by atoms with Crippen LogP contribution in [0.1, 0.15) is 50.1 Å². The second kappa shape index (κ2) is 8.89. The van der Waals surface area contributed by atoms with Crippen molar-refractivity contribution in [1.82, 2.24) is 25.3 Å². The van der Waals surface area contributed by atoms with Crippen LogP contribution in [0.3, 0.4) is 0 Å². The van der Waals surface area contributed by atoms with Crippen LogP contribution in [0.2, 0.25) is 0 Å². The summed E-state index contributed by atoms with van der Waals surface area (Å²) in [6.07, 6.45) is 5.41. The number of carbonyl (C=O) groups excluding carboxylic acids is 1. The molecule has 142 valence electrons. The number of likely N-dealkylation sites (tertiary alicyclic amines) is 1. The van der Waals surface area contributed by atoms with Gasteiger partial charge in [0.1, 0.15) is 5.76 Å². The van der Waals surface area contributed by atoms with Crippen molar-refractivity contribution in [1.29, 1.82) is 0 Å². The zero-order valence-corrected chi connectivity index (χ0v) is 15.6. The molecule has 2 aromatic rings. The van der Waals surface area contributed by atoms with Crippen LogP contribution < -0.4 is 5.32 Å². The number of urea groups is 1. The number of furan rings is 1. The molecule has 1 fully saturated rings. The first-order valence-corrected chi connectivity index (χ1v) is 9.52. The van der Waals surface area contributed by atoms with Crippen molar-refractivity contribution in [3.63, 3.8) is 0 Å². The van der Waals surface area contributed by atoms with Gasteiger partial charge in [-0.1, -0.05) is 13.8 Å². The maximum Gasteiger partial charge on any atom is 0.317 e. The van der Waals surface area contributed by atoms with Crippen LogP contribution in [0.5, 0.6) is 0 Å². The van der Waals surface area contributed by atoms with Crippen molar-refractivity contribution in [3.8, 4) is 0 Å². The van der Waals surface area contributed by atoms with Crippen LogP contribution in [-0.4, -0.2) is 58.8 Å². The Hall–Kier alpha value is -2.28. The molecular weight excluding hydrogens is 330 g/mol. The average Bonchev–Trinajstić information content (AvgIpc) is 3.39. The van der Waals surface area contributed by atoms with Crippen LogP contribution in [0.15, 0.2) is 35.1 Å². The molecule has 1 atom stereocenters. The van der Waals surface area contributed by atoms with E-state index in [4.69, 9.17) is 4.42 Å². The first kappa shape index (κ1) is 18.5. The maximum atomic E-state index is 12.6. The molecular formula is C19H29N5O2. The number of aromatic nitrogens is 2. The summed E-state index contributed by atoms with van der Waals surface area (Å²) in [7, 11) is 0. The molecule has 1 aliphatic heterocycles. The molecule has 3 heterocycles. The van der Waals surface area contributed by atoms with E-state index in [9.17, 15) is 4.79 Å². The third-order valence-electron chi connectivity index (χ3n) is 5.32. The molecule has 7 heteroatoms. The smallest absolute Gasteiger partial charge is 0.317 e. The van der Waals surface area contributed by atoms with Gasteiger partial charge in [0.15, 0.2) is 0 Å². The highest BCUT2D eigenvalue weighted by Gasteiger charge is 2.26. The molecule has 26 heavy (non-hydrogen) atoms. The summed E-state index contributed by atoms with van der Waals surface area (Å²) in [6.45, 7) is 8.16. The summed E-state index contributed by atoms with van der Waals surface area (Å²) >= 11 is 0. The molecule has 0 bridgehead atoms. The lowest BCUT2D eigenvalue weighted by Gasteiger charge is -2.33. The second-order valence-corrected chi connectivity index (χ2v) is 6.71. The minimum absolute atomic E-state index is 0.0109. The second-order valence-electron chi connectivity index (χ2n) is 6.71. The van der Waals surface area contributed by atoms with E-state index in [0.717, 1.165) is 44.8 Å². The third kappa shape index (κ3) is 4.27. The van der Waals surface area contributed by atoms with Crippen molar-refractivity contribution in [3.05, 3.63) is 42.1 Å². The number of nitrogens with zero attached hydrogens (tertiary/aromatic N) is 3. The minimum atomic E-state index is 0.0109. The normalized spacial score (nSPS) is 16.8. The zero-order chi connectivity index (χ0) is 18.4. The van der Waals surface area contributed by atoms with E-state index >= 15 is 0 Å². The first-order chi connectivity index (χ1) is 12.7. The van der Waals surface area contributed by atoms with Gasteiger partial charge in [-0.15, -0.1) is 0 Å². The van der Waals surface area contributed by atoms with Gasteiger partial charge in [0.25, 0.3) is 0 Å². The lowest BCUT2D eigenvalue weighted by molar-refractivity contribution is 0.163. The average molecular weight is 359 g/mol. The molecule has 3 rings (SSSR count). The summed E-state index contributed by atoms with van der Waals surface area (Å²) in [5, 5.41) is 10.2. The quantitative estimate of drug-likeness (QED) is 0.797. The van der Waals surface area contributed by atoms with Crippen LogP contribution in [0.25, 0.3) is 0 Å². The molecule has 0 spiro atoms. The fourth-order valence-corrected chi connectivity index (χ4v) is 3.74. The maximum absolute atomic E-state index is 12.6. The van der Waals surface area contributed by atoms with Crippen molar-refractivity contribution in [2.75, 3.05) is 32.7 Å². The number of hydrogen-bond donors (Lipinski definition) is 2. The fourth-order valence-electron chi connectivity index (χ4n) is 3.74. The molecule has 7 nitrogen and oxygen atoms in total. The number of rotatable bonds is 7. The van der Waals surface area contributed by atoms with E-state index in [-0.39, 0.29) is 12.1 Å². The largest absolute Gasteiger partial charge is 0.468 e. The van der Waals surface area contributed by atoms with E-state index in [0.29, 0.717) is 12.5 Å². The van der Waals surface area contributed by atoms with Crippen molar-refractivity contribution < 1.29 is 9.21 Å². The Morgan fingerprint density at radius 1 is 1.38 bits per heavy atom. The Kier molecular flexibility index (Phi) is 6.33. The summed E-state index contributed by atoms with van der Waals surface area (Å²) in [5.74, 6) is 1.36. The Morgan fingerprint density at radius 3 is 2.73 bits per heavy atom. The van der Waals surface area contributed by atoms with Crippen molar-refractivity contribution in [2.24, 2.45) is 0 Å². The van der Waals surface area contributed by atoms with E-state index < -0.39 is 0 Å². The van der Waals surface area contributed by atoms with Gasteiger partial charge in [0, 0.05) is 37.4 Å². The highest BCUT2D eigenvalue weighted by molar-refractivity contribution is 5.74. The highest BCUT2D eigenvalue weighted by atomic mass is 16.3. The topological polar surface area (TPSA) is 77.4 Å². The van der Waals surface area contributed by atoms with Crippen LogP contribution in [0.4, 0.5) is 4.79 Å². The number of amides is 2. The number of carbonyl (C=O) groups is 1. The van der Waals surface area contributed by atoms with Gasteiger partial charge in [-0.05, 0) is 44.1 Å². The minimum Gasteiger partial charge on any atom is -0.468 e. The molecule has 0 saturated carbocycles. The van der Waals surface area contributed by atoms with Gasteiger partial charge < -0.3 is 14.6 Å². The number of nitrogens with one attached hydrogen (secondary N) is 2. The van der Waals surface area contributed by atoms with Gasteiger partial charge in [-0.25, -0.2) is 4.79 Å². The lowest BCUT2D eigenvalue weighted by Crippen LogP contribution is -2.46. The van der Waals surface area contributed by atoms with Crippen LogP contribution >= 0.6 is 0 Å². The third-order valence-corrected chi connectivity index (χ3v) is 5.32. The molecule has 0 radical (unpaired) electrons. The number of piperidine rings is 1. The highest BCUT2D eigenvalue weighted by Crippen LogP contribution is 2.26. The van der Waals surface area contributed by atoms with E-state index in [2.05, 4.69) is 34.3 Å². The standard InChI is InChI=1S/C19H29N5O2/c1-3-23(4-2)17(18-6-5-13-26-18)14-20-19(25)24-11-8-15(9-12-24)16-7-10-21-22-16/h5-7,10,13,15,17H,3-4,8-9,11-12,14H2,1-2H3,(H,20,25)(H,21,22)/t17-/m0/s1. The number of H-pyrrole nitrogens is 1. The van der Waals surface area contributed by atoms with Gasteiger partial charge in [0.2, 0.25) is 0 Å².